The van der Waals surface area contributed by atoms with Gasteiger partial charge in [-0.05, 0) is 89.6 Å². The summed E-state index contributed by atoms with van der Waals surface area (Å²) in [7, 11) is 0. The molecule has 148 valence electrons. The van der Waals surface area contributed by atoms with Gasteiger partial charge in [-0.2, -0.15) is 0 Å². The van der Waals surface area contributed by atoms with Gasteiger partial charge in [-0.15, -0.1) is 0 Å². The molecule has 0 aromatic heterocycles. The van der Waals surface area contributed by atoms with Crippen molar-refractivity contribution in [2.75, 3.05) is 10.6 Å². The van der Waals surface area contributed by atoms with E-state index >= 15 is 0 Å². The third-order valence-electron chi connectivity index (χ3n) is 6.49. The summed E-state index contributed by atoms with van der Waals surface area (Å²) in [4.78, 5) is 0. The third kappa shape index (κ3) is 3.28. The van der Waals surface area contributed by atoms with Gasteiger partial charge in [0, 0.05) is 11.8 Å². The predicted octanol–water partition coefficient (Wildman–Crippen LogP) is 7.56. The normalized spacial score (nSPS) is 17.8. The number of nitrogens with zero attached hydrogens (tertiary/aromatic N) is 1. The van der Waals surface area contributed by atoms with Crippen LogP contribution in [0.15, 0.2) is 30.3 Å². The molecule has 0 N–H and O–H groups in total. The van der Waals surface area contributed by atoms with Gasteiger partial charge >= 0.3 is 0 Å². The van der Waals surface area contributed by atoms with Gasteiger partial charge in [0.05, 0.1) is 12.2 Å². The summed E-state index contributed by atoms with van der Waals surface area (Å²) in [6.45, 7) is 10.0. The smallest absolute Gasteiger partial charge is 0.123 e. The van der Waals surface area contributed by atoms with Crippen LogP contribution in [-0.4, -0.2) is 6.26 Å². The number of rotatable bonds is 3. The number of fused-ring (bicyclic) bond motifs is 3. The van der Waals surface area contributed by atoms with E-state index in [1.807, 2.05) is 6.07 Å². The lowest BCUT2D eigenvalue weighted by Gasteiger charge is -2.35. The fraction of sp³-hybridized carbons (Fsp3) is 0.440. The number of allylic oxidation sites excluding steroid dienone is 2. The number of anilines is 1. The Morgan fingerprint density at radius 3 is 2.57 bits per heavy atom. The summed E-state index contributed by atoms with van der Waals surface area (Å²) in [5, 5.41) is 0. The molecule has 0 radical (unpaired) electrons. The zero-order valence-corrected chi connectivity index (χ0v) is 18.5. The Balaban J connectivity index is 1.94. The number of benzene rings is 2. The molecule has 1 aliphatic heterocycles. The molecule has 3 heteroatoms. The van der Waals surface area contributed by atoms with Crippen LogP contribution < -0.4 is 4.31 Å². The summed E-state index contributed by atoms with van der Waals surface area (Å²) < 4.78 is 16.2. The zero-order chi connectivity index (χ0) is 20.1. The third-order valence-corrected chi connectivity index (χ3v) is 7.24. The summed E-state index contributed by atoms with van der Waals surface area (Å²) >= 11 is 1.73. The van der Waals surface area contributed by atoms with E-state index in [1.54, 1.807) is 24.1 Å². The topological polar surface area (TPSA) is 3.24 Å². The molecule has 0 atom stereocenters. The molecular formula is C25H30FNS. The highest BCUT2D eigenvalue weighted by atomic mass is 32.2. The molecule has 0 amide bonds. The molecule has 0 unspecified atom stereocenters. The van der Waals surface area contributed by atoms with E-state index in [0.29, 0.717) is 5.41 Å². The minimum absolute atomic E-state index is 0.150. The van der Waals surface area contributed by atoms with Crippen molar-refractivity contribution >= 4 is 23.2 Å². The highest BCUT2D eigenvalue weighted by molar-refractivity contribution is 7.99. The van der Waals surface area contributed by atoms with Crippen LogP contribution in [0.3, 0.4) is 0 Å². The van der Waals surface area contributed by atoms with E-state index in [-0.39, 0.29) is 5.82 Å². The second-order valence-electron chi connectivity index (χ2n) is 8.90. The van der Waals surface area contributed by atoms with Crippen molar-refractivity contribution in [3.05, 3.63) is 58.4 Å². The van der Waals surface area contributed by atoms with Gasteiger partial charge in [0.15, 0.2) is 0 Å². The first-order chi connectivity index (χ1) is 13.3. The summed E-state index contributed by atoms with van der Waals surface area (Å²) in [6.07, 6.45) is 9.12. The monoisotopic (exact) mass is 395 g/mol. The van der Waals surface area contributed by atoms with Gasteiger partial charge in [0.25, 0.3) is 0 Å². The van der Waals surface area contributed by atoms with E-state index in [9.17, 15) is 4.39 Å². The second kappa shape index (κ2) is 7.26. The maximum absolute atomic E-state index is 13.9. The Bertz CT molecular complexity index is 958. The molecule has 1 nitrogen and oxygen atoms in total. The fourth-order valence-electron chi connectivity index (χ4n) is 4.78. The minimum Gasteiger partial charge on any atom is -0.311 e. The lowest BCUT2D eigenvalue weighted by molar-refractivity contribution is 0.335. The van der Waals surface area contributed by atoms with Crippen LogP contribution in [0.2, 0.25) is 0 Å². The van der Waals surface area contributed by atoms with Gasteiger partial charge < -0.3 is 4.31 Å². The molecule has 0 saturated heterocycles. The van der Waals surface area contributed by atoms with Crippen LogP contribution in [0, 0.1) is 18.2 Å². The van der Waals surface area contributed by atoms with E-state index in [2.05, 4.69) is 50.4 Å². The van der Waals surface area contributed by atoms with Crippen molar-refractivity contribution in [3.63, 3.8) is 0 Å². The lowest BCUT2D eigenvalue weighted by atomic mass is 9.75. The van der Waals surface area contributed by atoms with Crippen molar-refractivity contribution in [1.29, 1.82) is 0 Å². The Hall–Kier alpha value is -1.74. The number of hydrogen-bond acceptors (Lipinski definition) is 2. The van der Waals surface area contributed by atoms with Crippen LogP contribution in [0.1, 0.15) is 62.3 Å². The first-order valence-electron chi connectivity index (χ1n) is 10.3. The predicted molar refractivity (Wildman–Crippen MR) is 121 cm³/mol. The van der Waals surface area contributed by atoms with E-state index in [0.717, 1.165) is 31.4 Å². The Morgan fingerprint density at radius 2 is 1.93 bits per heavy atom. The Morgan fingerprint density at radius 1 is 1.14 bits per heavy atom. The van der Waals surface area contributed by atoms with Gasteiger partial charge in [0.1, 0.15) is 5.82 Å². The van der Waals surface area contributed by atoms with Gasteiger partial charge in [-0.25, -0.2) is 4.39 Å². The van der Waals surface area contributed by atoms with Crippen LogP contribution in [0.5, 0.6) is 0 Å². The quantitative estimate of drug-likeness (QED) is 0.493. The highest BCUT2D eigenvalue weighted by Gasteiger charge is 2.29. The van der Waals surface area contributed by atoms with E-state index in [1.165, 1.54) is 45.5 Å². The van der Waals surface area contributed by atoms with Crippen LogP contribution >= 0.6 is 11.9 Å². The molecule has 28 heavy (non-hydrogen) atoms. The van der Waals surface area contributed by atoms with Crippen molar-refractivity contribution in [1.82, 2.24) is 0 Å². The highest BCUT2D eigenvalue weighted by Crippen LogP contribution is 2.48. The molecule has 0 bridgehead atoms. The molecule has 1 heterocycles. The maximum atomic E-state index is 13.9. The van der Waals surface area contributed by atoms with E-state index < -0.39 is 0 Å². The van der Waals surface area contributed by atoms with Crippen molar-refractivity contribution in [2.45, 2.75) is 59.9 Å². The Labute approximate surface area is 173 Å². The van der Waals surface area contributed by atoms with E-state index in [4.69, 9.17) is 0 Å². The molecule has 0 spiro atoms. The number of halogens is 1. The summed E-state index contributed by atoms with van der Waals surface area (Å²) in [6, 6.07) is 7.66. The molecule has 0 fully saturated rings. The fourth-order valence-corrected chi connectivity index (χ4v) is 5.47. The molecule has 1 aliphatic carbocycles. The summed E-state index contributed by atoms with van der Waals surface area (Å²) in [5.74, 6) is -0.150. The van der Waals surface area contributed by atoms with Crippen LogP contribution in [0.25, 0.3) is 16.7 Å². The second-order valence-corrected chi connectivity index (χ2v) is 9.70. The maximum Gasteiger partial charge on any atom is 0.123 e. The average Bonchev–Trinajstić information content (AvgIpc) is 2.66. The van der Waals surface area contributed by atoms with Crippen LogP contribution in [-0.2, 0) is 13.0 Å². The van der Waals surface area contributed by atoms with Crippen molar-refractivity contribution in [2.24, 2.45) is 5.41 Å². The Kier molecular flexibility index (Phi) is 5.07. The molecule has 0 saturated carbocycles. The SMILES string of the molecule is CCc1c(C2=CCC(C)(C)CC2)cc2c(c1C)N(SC)Cc1cc(F)ccc1-2. The lowest BCUT2D eigenvalue weighted by Crippen LogP contribution is -2.22. The van der Waals surface area contributed by atoms with Gasteiger partial charge in [-0.3, -0.25) is 0 Å². The average molecular weight is 396 g/mol. The zero-order valence-electron chi connectivity index (χ0n) is 17.7. The first-order valence-corrected chi connectivity index (χ1v) is 11.5. The van der Waals surface area contributed by atoms with Gasteiger partial charge in [-0.1, -0.05) is 44.9 Å². The molecule has 4 rings (SSSR count). The number of hydrogen-bond donors (Lipinski definition) is 0. The largest absolute Gasteiger partial charge is 0.311 e. The van der Waals surface area contributed by atoms with Gasteiger partial charge in [0.2, 0.25) is 0 Å². The van der Waals surface area contributed by atoms with Crippen LogP contribution in [0.4, 0.5) is 10.1 Å². The minimum atomic E-state index is -0.150. The molecule has 2 aliphatic rings. The standard InChI is InChI=1S/C25H30FNS/c1-6-20-16(2)24-23(14-22(20)17-9-11-25(3,4)12-10-17)21-8-7-19(26)13-18(21)15-27(24)28-5/h7-9,13-14H,6,10-12,15H2,1-5H3. The van der Waals surface area contributed by atoms with Crippen molar-refractivity contribution < 1.29 is 4.39 Å². The first kappa shape index (κ1) is 19.6. The van der Waals surface area contributed by atoms with Crippen molar-refractivity contribution in [3.8, 4) is 11.1 Å². The summed E-state index contributed by atoms with van der Waals surface area (Å²) in [5.41, 5.74) is 11.0. The molecule has 2 aromatic carbocycles. The molecule has 2 aromatic rings. The molecular weight excluding hydrogens is 365 g/mol.